The number of likely N-dealkylation sites (N-methyl/N-ethyl adjacent to an activating group) is 1. The molecule has 2 aliphatic rings. The first kappa shape index (κ1) is 17.8. The molecular formula is C21H28N4S. The van der Waals surface area contributed by atoms with E-state index in [0.717, 1.165) is 49.9 Å². The van der Waals surface area contributed by atoms with Crippen molar-refractivity contribution in [1.29, 1.82) is 0 Å². The second-order valence-electron chi connectivity index (χ2n) is 7.53. The molecule has 0 radical (unpaired) electrons. The predicted octanol–water partition coefficient (Wildman–Crippen LogP) is 3.71. The van der Waals surface area contributed by atoms with Gasteiger partial charge in [-0.05, 0) is 45.2 Å². The van der Waals surface area contributed by atoms with E-state index in [1.807, 2.05) is 0 Å². The van der Waals surface area contributed by atoms with Crippen molar-refractivity contribution in [3.63, 3.8) is 0 Å². The fraction of sp³-hybridized carbons (Fsp3) is 0.524. The van der Waals surface area contributed by atoms with Gasteiger partial charge in [0, 0.05) is 37.5 Å². The van der Waals surface area contributed by atoms with Crippen molar-refractivity contribution in [3.8, 4) is 0 Å². The Morgan fingerprint density at radius 1 is 0.962 bits per heavy atom. The molecule has 2 aromatic rings. The molecule has 4 nitrogen and oxygen atoms in total. The molecule has 1 aliphatic heterocycles. The Morgan fingerprint density at radius 2 is 1.69 bits per heavy atom. The summed E-state index contributed by atoms with van der Waals surface area (Å²) >= 11 is 1.77. The Kier molecular flexibility index (Phi) is 5.46. The largest absolute Gasteiger partial charge is 0.354 e. The number of piperazine rings is 1. The molecule has 0 N–H and O–H groups in total. The SMILES string of the molecule is Cc1ccc(CSc2nc3c(c(N4CCN(C)CC4)n2)CCCC3)cc1. The lowest BCUT2D eigenvalue weighted by Gasteiger charge is -2.35. The summed E-state index contributed by atoms with van der Waals surface area (Å²) in [4.78, 5) is 14.8. The van der Waals surface area contributed by atoms with E-state index in [9.17, 15) is 0 Å². The summed E-state index contributed by atoms with van der Waals surface area (Å²) in [5, 5.41) is 0.945. The maximum absolute atomic E-state index is 5.03. The quantitative estimate of drug-likeness (QED) is 0.607. The number of fused-ring (bicyclic) bond motifs is 1. The molecule has 0 atom stereocenters. The van der Waals surface area contributed by atoms with Gasteiger partial charge in [0.05, 0.1) is 5.69 Å². The van der Waals surface area contributed by atoms with Crippen molar-refractivity contribution in [1.82, 2.24) is 14.9 Å². The summed E-state index contributed by atoms with van der Waals surface area (Å²) in [5.74, 6) is 2.15. The summed E-state index contributed by atoms with van der Waals surface area (Å²) in [5.41, 5.74) is 5.36. The van der Waals surface area contributed by atoms with Gasteiger partial charge < -0.3 is 9.80 Å². The normalized spacial score (nSPS) is 18.0. The second kappa shape index (κ2) is 7.97. The van der Waals surface area contributed by atoms with E-state index in [-0.39, 0.29) is 0 Å². The fourth-order valence-electron chi connectivity index (χ4n) is 3.73. The van der Waals surface area contributed by atoms with Gasteiger partial charge >= 0.3 is 0 Å². The Labute approximate surface area is 161 Å². The fourth-order valence-corrected chi connectivity index (χ4v) is 4.54. The standard InChI is InChI=1S/C21H28N4S/c1-16-7-9-17(10-8-16)15-26-21-22-19-6-4-3-5-18(19)20(23-21)25-13-11-24(2)12-14-25/h7-10H,3-6,11-15H2,1-2H3. The third-order valence-corrected chi connectivity index (χ3v) is 6.35. The third kappa shape index (κ3) is 4.04. The molecule has 138 valence electrons. The van der Waals surface area contributed by atoms with Crippen molar-refractivity contribution in [2.75, 3.05) is 38.1 Å². The van der Waals surface area contributed by atoms with Crippen LogP contribution in [-0.2, 0) is 18.6 Å². The van der Waals surface area contributed by atoms with Crippen molar-refractivity contribution in [2.45, 2.75) is 43.5 Å². The summed E-state index contributed by atoms with van der Waals surface area (Å²) in [6, 6.07) is 8.78. The minimum Gasteiger partial charge on any atom is -0.354 e. The molecule has 0 saturated carbocycles. The lowest BCUT2D eigenvalue weighted by molar-refractivity contribution is 0.311. The number of rotatable bonds is 4. The maximum atomic E-state index is 5.03. The van der Waals surface area contributed by atoms with Crippen LogP contribution in [0.3, 0.4) is 0 Å². The van der Waals surface area contributed by atoms with Crippen LogP contribution in [0, 0.1) is 6.92 Å². The average Bonchev–Trinajstić information content (AvgIpc) is 2.67. The molecule has 0 amide bonds. The molecule has 1 saturated heterocycles. The van der Waals surface area contributed by atoms with E-state index in [1.54, 1.807) is 11.8 Å². The Hall–Kier alpha value is -1.59. The van der Waals surface area contributed by atoms with Crippen LogP contribution in [-0.4, -0.2) is 48.1 Å². The molecule has 1 aromatic heterocycles. The summed E-state index contributed by atoms with van der Waals surface area (Å²) in [6.45, 7) is 6.51. The second-order valence-corrected chi connectivity index (χ2v) is 8.47. The third-order valence-electron chi connectivity index (χ3n) is 5.43. The number of benzene rings is 1. The number of nitrogens with zero attached hydrogens (tertiary/aromatic N) is 4. The highest BCUT2D eigenvalue weighted by molar-refractivity contribution is 7.98. The molecule has 0 spiro atoms. The van der Waals surface area contributed by atoms with E-state index in [4.69, 9.17) is 9.97 Å². The van der Waals surface area contributed by atoms with Crippen LogP contribution in [0.25, 0.3) is 0 Å². The Morgan fingerprint density at radius 3 is 2.46 bits per heavy atom. The van der Waals surface area contributed by atoms with Gasteiger partial charge in [0.15, 0.2) is 5.16 Å². The predicted molar refractivity (Wildman–Crippen MR) is 109 cm³/mol. The van der Waals surface area contributed by atoms with Crippen molar-refractivity contribution < 1.29 is 0 Å². The van der Waals surface area contributed by atoms with Crippen LogP contribution in [0.5, 0.6) is 0 Å². The monoisotopic (exact) mass is 368 g/mol. The number of hydrogen-bond donors (Lipinski definition) is 0. The van der Waals surface area contributed by atoms with Gasteiger partial charge in [-0.3, -0.25) is 0 Å². The first-order valence-electron chi connectivity index (χ1n) is 9.70. The molecule has 0 bridgehead atoms. The number of hydrogen-bond acceptors (Lipinski definition) is 5. The highest BCUT2D eigenvalue weighted by Gasteiger charge is 2.24. The lowest BCUT2D eigenvalue weighted by atomic mass is 9.96. The van der Waals surface area contributed by atoms with E-state index in [1.165, 1.54) is 41.0 Å². The number of anilines is 1. The topological polar surface area (TPSA) is 32.3 Å². The summed E-state index contributed by atoms with van der Waals surface area (Å²) in [7, 11) is 2.20. The number of thioether (sulfide) groups is 1. The van der Waals surface area contributed by atoms with Crippen LogP contribution in [0.4, 0.5) is 5.82 Å². The highest BCUT2D eigenvalue weighted by atomic mass is 32.2. The molecule has 1 fully saturated rings. The van der Waals surface area contributed by atoms with Gasteiger partial charge in [0.2, 0.25) is 0 Å². The summed E-state index contributed by atoms with van der Waals surface area (Å²) in [6.07, 6.45) is 4.78. The van der Waals surface area contributed by atoms with Gasteiger partial charge in [-0.15, -0.1) is 0 Å². The van der Waals surface area contributed by atoms with Gasteiger partial charge in [0.1, 0.15) is 5.82 Å². The molecule has 2 heterocycles. The van der Waals surface area contributed by atoms with E-state index in [0.29, 0.717) is 0 Å². The van der Waals surface area contributed by atoms with Gasteiger partial charge in [-0.1, -0.05) is 41.6 Å². The smallest absolute Gasteiger partial charge is 0.190 e. The summed E-state index contributed by atoms with van der Waals surface area (Å²) < 4.78 is 0. The van der Waals surface area contributed by atoms with Crippen molar-refractivity contribution >= 4 is 17.6 Å². The first-order valence-corrected chi connectivity index (χ1v) is 10.7. The van der Waals surface area contributed by atoms with Gasteiger partial charge in [0.25, 0.3) is 0 Å². The van der Waals surface area contributed by atoms with Crippen LogP contribution < -0.4 is 4.90 Å². The molecule has 1 aromatic carbocycles. The average molecular weight is 369 g/mol. The highest BCUT2D eigenvalue weighted by Crippen LogP contribution is 2.31. The van der Waals surface area contributed by atoms with E-state index >= 15 is 0 Å². The minimum atomic E-state index is 0.932. The zero-order valence-electron chi connectivity index (χ0n) is 15.9. The lowest BCUT2D eigenvalue weighted by Crippen LogP contribution is -2.45. The van der Waals surface area contributed by atoms with Gasteiger partial charge in [-0.25, -0.2) is 9.97 Å². The van der Waals surface area contributed by atoms with Gasteiger partial charge in [-0.2, -0.15) is 0 Å². The van der Waals surface area contributed by atoms with Crippen LogP contribution in [0.15, 0.2) is 29.4 Å². The zero-order chi connectivity index (χ0) is 17.9. The van der Waals surface area contributed by atoms with E-state index < -0.39 is 0 Å². The van der Waals surface area contributed by atoms with Crippen LogP contribution in [0.1, 0.15) is 35.2 Å². The first-order chi connectivity index (χ1) is 12.7. The maximum Gasteiger partial charge on any atom is 0.190 e. The molecule has 26 heavy (non-hydrogen) atoms. The molecular weight excluding hydrogens is 340 g/mol. The van der Waals surface area contributed by atoms with E-state index in [2.05, 4.69) is 48.0 Å². The zero-order valence-corrected chi connectivity index (χ0v) is 16.7. The molecule has 4 rings (SSSR count). The number of aromatic nitrogens is 2. The molecule has 0 unspecified atom stereocenters. The molecule has 5 heteroatoms. The molecule has 1 aliphatic carbocycles. The Balaban J connectivity index is 1.56. The van der Waals surface area contributed by atoms with Crippen molar-refractivity contribution in [3.05, 3.63) is 46.6 Å². The minimum absolute atomic E-state index is 0.932. The number of aryl methyl sites for hydroxylation is 2. The van der Waals surface area contributed by atoms with Crippen LogP contribution >= 0.6 is 11.8 Å². The van der Waals surface area contributed by atoms with Crippen LogP contribution in [0.2, 0.25) is 0 Å². The van der Waals surface area contributed by atoms with Crippen molar-refractivity contribution in [2.24, 2.45) is 0 Å². The Bertz CT molecular complexity index is 751.